The highest BCUT2D eigenvalue weighted by Crippen LogP contribution is 2.26. The Hall–Kier alpha value is -1.85. The van der Waals surface area contributed by atoms with Crippen molar-refractivity contribution in [2.45, 2.75) is 44.9 Å². The minimum atomic E-state index is -0.0309. The molecule has 1 aromatic rings. The van der Waals surface area contributed by atoms with Crippen LogP contribution in [0.25, 0.3) is 0 Å². The molecule has 2 heterocycles. The quantitative estimate of drug-likeness (QED) is 0.930. The van der Waals surface area contributed by atoms with Crippen molar-refractivity contribution in [3.63, 3.8) is 0 Å². The molecular formula is C16H24N4O2. The summed E-state index contributed by atoms with van der Waals surface area (Å²) in [5.41, 5.74) is 0.422. The fraction of sp³-hybridized carbons (Fsp3) is 0.688. The van der Waals surface area contributed by atoms with E-state index in [1.807, 2.05) is 4.90 Å². The van der Waals surface area contributed by atoms with Crippen LogP contribution in [0.5, 0.6) is 0 Å². The van der Waals surface area contributed by atoms with E-state index in [0.29, 0.717) is 11.5 Å². The molecule has 2 fully saturated rings. The summed E-state index contributed by atoms with van der Waals surface area (Å²) in [6, 6.07) is 1.70. The molecule has 1 saturated carbocycles. The maximum absolute atomic E-state index is 12.4. The van der Waals surface area contributed by atoms with Gasteiger partial charge in [-0.05, 0) is 32.1 Å². The van der Waals surface area contributed by atoms with Crippen LogP contribution in [0.1, 0.15) is 55.4 Å². The van der Waals surface area contributed by atoms with Crippen molar-refractivity contribution in [2.75, 3.05) is 18.4 Å². The molecule has 120 valence electrons. The van der Waals surface area contributed by atoms with Crippen LogP contribution < -0.4 is 5.32 Å². The van der Waals surface area contributed by atoms with Crippen LogP contribution in [0.15, 0.2) is 6.07 Å². The van der Waals surface area contributed by atoms with Gasteiger partial charge in [0.25, 0.3) is 5.91 Å². The summed E-state index contributed by atoms with van der Waals surface area (Å²) in [5.74, 6) is 0.738. The molecule has 22 heavy (non-hydrogen) atoms. The van der Waals surface area contributed by atoms with Gasteiger partial charge in [-0.2, -0.15) is 5.10 Å². The number of anilines is 1. The lowest BCUT2D eigenvalue weighted by molar-refractivity contribution is -0.119. The number of hydrogen-bond acceptors (Lipinski definition) is 3. The highest BCUT2D eigenvalue weighted by Gasteiger charge is 2.25. The molecule has 1 saturated heterocycles. The first-order valence-corrected chi connectivity index (χ1v) is 8.29. The molecular weight excluding hydrogens is 280 g/mol. The molecule has 2 aliphatic rings. The standard InChI is InChI=1S/C16H24N4O2/c1-19-14(17-15(21)12-7-3-4-8-12)11-13(18-19)16(22)20-9-5-2-6-10-20/h11-12H,2-10H2,1H3,(H,17,21). The molecule has 6 nitrogen and oxygen atoms in total. The van der Waals surface area contributed by atoms with E-state index >= 15 is 0 Å². The third kappa shape index (κ3) is 3.15. The number of nitrogens with zero attached hydrogens (tertiary/aromatic N) is 3. The molecule has 1 aliphatic heterocycles. The van der Waals surface area contributed by atoms with E-state index in [0.717, 1.165) is 51.6 Å². The lowest BCUT2D eigenvalue weighted by Gasteiger charge is -2.25. The Morgan fingerprint density at radius 1 is 1.14 bits per heavy atom. The molecule has 1 aliphatic carbocycles. The van der Waals surface area contributed by atoms with E-state index in [4.69, 9.17) is 0 Å². The van der Waals surface area contributed by atoms with E-state index in [1.54, 1.807) is 17.8 Å². The zero-order chi connectivity index (χ0) is 15.5. The number of likely N-dealkylation sites (tertiary alicyclic amines) is 1. The number of amides is 2. The van der Waals surface area contributed by atoms with Crippen molar-refractivity contribution in [2.24, 2.45) is 13.0 Å². The van der Waals surface area contributed by atoms with Gasteiger partial charge in [-0.1, -0.05) is 12.8 Å². The predicted octanol–water partition coefficient (Wildman–Crippen LogP) is 2.17. The summed E-state index contributed by atoms with van der Waals surface area (Å²) < 4.78 is 1.59. The first-order chi connectivity index (χ1) is 10.6. The second kappa shape index (κ2) is 6.50. The van der Waals surface area contributed by atoms with Crippen LogP contribution in [-0.4, -0.2) is 39.6 Å². The Morgan fingerprint density at radius 2 is 1.82 bits per heavy atom. The highest BCUT2D eigenvalue weighted by atomic mass is 16.2. The topological polar surface area (TPSA) is 67.2 Å². The van der Waals surface area contributed by atoms with Crippen LogP contribution in [0.3, 0.4) is 0 Å². The van der Waals surface area contributed by atoms with Gasteiger partial charge < -0.3 is 10.2 Å². The summed E-state index contributed by atoms with van der Waals surface area (Å²) in [5, 5.41) is 7.20. The number of rotatable bonds is 3. The van der Waals surface area contributed by atoms with Crippen LogP contribution >= 0.6 is 0 Å². The molecule has 1 N–H and O–H groups in total. The monoisotopic (exact) mass is 304 g/mol. The van der Waals surface area contributed by atoms with Crippen LogP contribution in [0.4, 0.5) is 5.82 Å². The van der Waals surface area contributed by atoms with E-state index in [9.17, 15) is 9.59 Å². The second-order valence-corrected chi connectivity index (χ2v) is 6.36. The van der Waals surface area contributed by atoms with Crippen molar-refractivity contribution in [1.29, 1.82) is 0 Å². The summed E-state index contributed by atoms with van der Waals surface area (Å²) in [6.07, 6.45) is 7.49. The largest absolute Gasteiger partial charge is 0.337 e. The lowest BCUT2D eigenvalue weighted by Crippen LogP contribution is -2.35. The number of piperidine rings is 1. The number of carbonyl (C=O) groups excluding carboxylic acids is 2. The van der Waals surface area contributed by atoms with Gasteiger partial charge in [0.05, 0.1) is 0 Å². The van der Waals surface area contributed by atoms with Crippen LogP contribution in [-0.2, 0) is 11.8 Å². The van der Waals surface area contributed by atoms with Crippen LogP contribution in [0, 0.1) is 5.92 Å². The van der Waals surface area contributed by atoms with Crippen molar-refractivity contribution in [1.82, 2.24) is 14.7 Å². The molecule has 0 atom stereocenters. The molecule has 0 aromatic carbocycles. The van der Waals surface area contributed by atoms with E-state index in [-0.39, 0.29) is 17.7 Å². The molecule has 3 rings (SSSR count). The summed E-state index contributed by atoms with van der Waals surface area (Å²) in [4.78, 5) is 26.5. The molecule has 1 aromatic heterocycles. The van der Waals surface area contributed by atoms with E-state index < -0.39 is 0 Å². The van der Waals surface area contributed by atoms with Crippen molar-refractivity contribution in [3.8, 4) is 0 Å². The Labute approximate surface area is 130 Å². The van der Waals surface area contributed by atoms with E-state index in [2.05, 4.69) is 10.4 Å². The van der Waals surface area contributed by atoms with Gasteiger partial charge in [0.15, 0.2) is 5.69 Å². The van der Waals surface area contributed by atoms with Gasteiger partial charge >= 0.3 is 0 Å². The SMILES string of the molecule is Cn1nc(C(=O)N2CCCCC2)cc1NC(=O)C1CCCC1. The molecule has 0 radical (unpaired) electrons. The van der Waals surface area contributed by atoms with Gasteiger partial charge in [0, 0.05) is 32.1 Å². The second-order valence-electron chi connectivity index (χ2n) is 6.36. The smallest absolute Gasteiger partial charge is 0.274 e. The average Bonchev–Trinajstić information content (AvgIpc) is 3.18. The van der Waals surface area contributed by atoms with Gasteiger partial charge in [0.2, 0.25) is 5.91 Å². The molecule has 6 heteroatoms. The van der Waals surface area contributed by atoms with E-state index in [1.165, 1.54) is 6.42 Å². The van der Waals surface area contributed by atoms with Crippen molar-refractivity contribution in [3.05, 3.63) is 11.8 Å². The zero-order valence-electron chi connectivity index (χ0n) is 13.2. The molecule has 0 unspecified atom stereocenters. The summed E-state index contributed by atoms with van der Waals surface area (Å²) in [7, 11) is 1.76. The maximum Gasteiger partial charge on any atom is 0.274 e. The van der Waals surface area contributed by atoms with Crippen molar-refractivity contribution >= 4 is 17.6 Å². The molecule has 2 amide bonds. The third-order valence-corrected chi connectivity index (χ3v) is 4.72. The Morgan fingerprint density at radius 3 is 2.50 bits per heavy atom. The number of carbonyl (C=O) groups is 2. The summed E-state index contributed by atoms with van der Waals surface area (Å²) in [6.45, 7) is 1.61. The minimum Gasteiger partial charge on any atom is -0.337 e. The Balaban J connectivity index is 1.67. The highest BCUT2D eigenvalue weighted by molar-refractivity contribution is 5.96. The number of aromatic nitrogens is 2. The first kappa shape index (κ1) is 15.1. The third-order valence-electron chi connectivity index (χ3n) is 4.72. The maximum atomic E-state index is 12.4. The Bertz CT molecular complexity index is 554. The summed E-state index contributed by atoms with van der Waals surface area (Å²) >= 11 is 0. The molecule has 0 spiro atoms. The number of nitrogens with one attached hydrogen (secondary N) is 1. The predicted molar refractivity (Wildman–Crippen MR) is 83.6 cm³/mol. The fourth-order valence-electron chi connectivity index (χ4n) is 3.36. The fourth-order valence-corrected chi connectivity index (χ4v) is 3.36. The van der Waals surface area contributed by atoms with Gasteiger partial charge in [-0.15, -0.1) is 0 Å². The van der Waals surface area contributed by atoms with Gasteiger partial charge in [0.1, 0.15) is 5.82 Å². The van der Waals surface area contributed by atoms with Crippen LogP contribution in [0.2, 0.25) is 0 Å². The van der Waals surface area contributed by atoms with Crippen molar-refractivity contribution < 1.29 is 9.59 Å². The molecule has 0 bridgehead atoms. The zero-order valence-corrected chi connectivity index (χ0v) is 13.2. The normalized spacial score (nSPS) is 19.4. The number of hydrogen-bond donors (Lipinski definition) is 1. The minimum absolute atomic E-state index is 0.0309. The number of aryl methyl sites for hydroxylation is 1. The lowest BCUT2D eigenvalue weighted by atomic mass is 10.1. The average molecular weight is 304 g/mol. The Kier molecular flexibility index (Phi) is 4.45. The first-order valence-electron chi connectivity index (χ1n) is 8.29. The van der Waals surface area contributed by atoms with Gasteiger partial charge in [-0.3, -0.25) is 14.3 Å². The van der Waals surface area contributed by atoms with Gasteiger partial charge in [-0.25, -0.2) is 0 Å².